The molecule has 0 bridgehead atoms. The summed E-state index contributed by atoms with van der Waals surface area (Å²) in [6, 6.07) is 8.38. The average molecular weight is 264 g/mol. The Balaban J connectivity index is 1.95. The first kappa shape index (κ1) is 14.2. The van der Waals surface area contributed by atoms with Gasteiger partial charge in [0.25, 0.3) is 0 Å². The maximum Gasteiger partial charge on any atom is 0.248 e. The Kier molecular flexibility index (Phi) is 4.73. The van der Waals surface area contributed by atoms with Crippen LogP contribution in [0.3, 0.4) is 0 Å². The van der Waals surface area contributed by atoms with Gasteiger partial charge < -0.3 is 0 Å². The molecule has 19 heavy (non-hydrogen) atoms. The molecule has 1 aliphatic rings. The molecule has 104 valence electrons. The van der Waals surface area contributed by atoms with Crippen molar-refractivity contribution in [1.29, 1.82) is 0 Å². The summed E-state index contributed by atoms with van der Waals surface area (Å²) in [7, 11) is 0. The van der Waals surface area contributed by atoms with Gasteiger partial charge in [0.05, 0.1) is 0 Å². The molecule has 0 saturated heterocycles. The normalized spacial score (nSPS) is 19.9. The summed E-state index contributed by atoms with van der Waals surface area (Å²) in [5, 5.41) is 0. The predicted octanol–water partition coefficient (Wildman–Crippen LogP) is 5.79. The van der Waals surface area contributed by atoms with Crippen LogP contribution in [0, 0.1) is 0 Å². The molecule has 0 aromatic heterocycles. The number of hydrogen-bond acceptors (Lipinski definition) is 0. The molecule has 0 atom stereocenters. The van der Waals surface area contributed by atoms with E-state index in [1.165, 1.54) is 11.1 Å². The second kappa shape index (κ2) is 6.31. The Labute approximate surface area is 114 Å². The third kappa shape index (κ3) is 4.15. The van der Waals surface area contributed by atoms with E-state index in [0.29, 0.717) is 18.8 Å². The largest absolute Gasteiger partial charge is 0.248 e. The number of unbranched alkanes of at least 4 members (excludes halogenated alkanes) is 1. The van der Waals surface area contributed by atoms with E-state index in [1.54, 1.807) is 0 Å². The Hall–Kier alpha value is -1.18. The molecule has 0 aliphatic heterocycles. The van der Waals surface area contributed by atoms with Gasteiger partial charge >= 0.3 is 0 Å². The number of halogens is 2. The van der Waals surface area contributed by atoms with Crippen LogP contribution in [0.4, 0.5) is 8.78 Å². The van der Waals surface area contributed by atoms with Crippen molar-refractivity contribution in [1.82, 2.24) is 0 Å². The van der Waals surface area contributed by atoms with E-state index in [2.05, 4.69) is 43.3 Å². The van der Waals surface area contributed by atoms with Gasteiger partial charge in [0, 0.05) is 12.8 Å². The molecule has 0 N–H and O–H groups in total. The SMILES string of the molecule is CCCC=Cc1ccc(C2CCC(F)(F)CC2)cc1. The zero-order valence-electron chi connectivity index (χ0n) is 11.5. The highest BCUT2D eigenvalue weighted by molar-refractivity contribution is 5.49. The van der Waals surface area contributed by atoms with Crippen molar-refractivity contribution in [3.8, 4) is 0 Å². The third-order valence-corrected chi connectivity index (χ3v) is 3.89. The minimum Gasteiger partial charge on any atom is -0.207 e. The first-order valence-corrected chi connectivity index (χ1v) is 7.25. The number of alkyl halides is 2. The summed E-state index contributed by atoms with van der Waals surface area (Å²) in [5.41, 5.74) is 2.40. The van der Waals surface area contributed by atoms with Crippen LogP contribution in [0.15, 0.2) is 30.3 Å². The topological polar surface area (TPSA) is 0 Å². The summed E-state index contributed by atoms with van der Waals surface area (Å²) in [6.07, 6.45) is 7.85. The highest BCUT2D eigenvalue weighted by atomic mass is 19.3. The van der Waals surface area contributed by atoms with Crippen molar-refractivity contribution < 1.29 is 8.78 Å². The molecular formula is C17H22F2. The van der Waals surface area contributed by atoms with Gasteiger partial charge in [0.2, 0.25) is 5.92 Å². The molecule has 1 aromatic rings. The zero-order chi connectivity index (χ0) is 13.7. The second-order valence-electron chi connectivity index (χ2n) is 5.49. The van der Waals surface area contributed by atoms with Gasteiger partial charge in [-0.05, 0) is 36.3 Å². The van der Waals surface area contributed by atoms with Crippen molar-refractivity contribution in [2.24, 2.45) is 0 Å². The van der Waals surface area contributed by atoms with Gasteiger partial charge in [-0.3, -0.25) is 0 Å². The lowest BCUT2D eigenvalue weighted by molar-refractivity contribution is -0.0382. The highest BCUT2D eigenvalue weighted by Crippen LogP contribution is 2.40. The van der Waals surface area contributed by atoms with Gasteiger partial charge in [-0.2, -0.15) is 0 Å². The van der Waals surface area contributed by atoms with Crippen molar-refractivity contribution in [2.75, 3.05) is 0 Å². The monoisotopic (exact) mass is 264 g/mol. The Morgan fingerprint density at radius 3 is 2.37 bits per heavy atom. The molecular weight excluding hydrogens is 242 g/mol. The van der Waals surface area contributed by atoms with E-state index in [1.807, 2.05) is 0 Å². The molecule has 0 radical (unpaired) electrons. The van der Waals surface area contributed by atoms with Crippen molar-refractivity contribution in [2.45, 2.75) is 57.3 Å². The standard InChI is InChI=1S/C17H22F2/c1-2-3-4-5-14-6-8-15(9-7-14)16-10-12-17(18,19)13-11-16/h4-9,16H,2-3,10-13H2,1H3. The molecule has 1 aliphatic carbocycles. The van der Waals surface area contributed by atoms with Crippen LogP contribution in [-0.4, -0.2) is 5.92 Å². The fraction of sp³-hybridized carbons (Fsp3) is 0.529. The molecule has 0 heterocycles. The zero-order valence-corrected chi connectivity index (χ0v) is 11.5. The van der Waals surface area contributed by atoms with Gasteiger partial charge in [-0.1, -0.05) is 49.8 Å². The summed E-state index contributed by atoms with van der Waals surface area (Å²) in [6.45, 7) is 2.16. The Bertz CT molecular complexity index is 407. The summed E-state index contributed by atoms with van der Waals surface area (Å²) >= 11 is 0. The first-order valence-electron chi connectivity index (χ1n) is 7.25. The summed E-state index contributed by atoms with van der Waals surface area (Å²) in [4.78, 5) is 0. The van der Waals surface area contributed by atoms with Crippen LogP contribution in [-0.2, 0) is 0 Å². The number of allylic oxidation sites excluding steroid dienone is 1. The molecule has 1 aromatic carbocycles. The van der Waals surface area contributed by atoms with Crippen LogP contribution >= 0.6 is 0 Å². The number of rotatable bonds is 4. The first-order chi connectivity index (χ1) is 9.11. The van der Waals surface area contributed by atoms with Crippen LogP contribution in [0.1, 0.15) is 62.5 Å². The summed E-state index contributed by atoms with van der Waals surface area (Å²) < 4.78 is 26.2. The maximum atomic E-state index is 13.1. The van der Waals surface area contributed by atoms with E-state index in [4.69, 9.17) is 0 Å². The lowest BCUT2D eigenvalue weighted by atomic mass is 9.82. The van der Waals surface area contributed by atoms with Crippen LogP contribution < -0.4 is 0 Å². The minimum absolute atomic E-state index is 0.0375. The molecule has 2 heteroatoms. The predicted molar refractivity (Wildman–Crippen MR) is 76.5 cm³/mol. The van der Waals surface area contributed by atoms with Crippen LogP contribution in [0.25, 0.3) is 6.08 Å². The van der Waals surface area contributed by atoms with E-state index in [-0.39, 0.29) is 12.8 Å². The molecule has 0 spiro atoms. The second-order valence-corrected chi connectivity index (χ2v) is 5.49. The highest BCUT2D eigenvalue weighted by Gasteiger charge is 2.35. The quantitative estimate of drug-likeness (QED) is 0.645. The van der Waals surface area contributed by atoms with Crippen molar-refractivity contribution in [3.63, 3.8) is 0 Å². The van der Waals surface area contributed by atoms with Crippen LogP contribution in [0.2, 0.25) is 0 Å². The van der Waals surface area contributed by atoms with E-state index in [0.717, 1.165) is 12.8 Å². The van der Waals surface area contributed by atoms with Crippen LogP contribution in [0.5, 0.6) is 0 Å². The lowest BCUT2D eigenvalue weighted by Crippen LogP contribution is -2.23. The number of benzene rings is 1. The molecule has 1 saturated carbocycles. The van der Waals surface area contributed by atoms with Gasteiger partial charge in [-0.25, -0.2) is 8.78 Å². The van der Waals surface area contributed by atoms with Crippen molar-refractivity contribution >= 4 is 6.08 Å². The Morgan fingerprint density at radius 1 is 1.16 bits per heavy atom. The minimum atomic E-state index is -2.43. The molecule has 0 nitrogen and oxygen atoms in total. The fourth-order valence-electron chi connectivity index (χ4n) is 2.64. The summed E-state index contributed by atoms with van der Waals surface area (Å²) in [5.74, 6) is -2.12. The van der Waals surface area contributed by atoms with Gasteiger partial charge in [-0.15, -0.1) is 0 Å². The molecule has 0 amide bonds. The third-order valence-electron chi connectivity index (χ3n) is 3.89. The molecule has 1 fully saturated rings. The van der Waals surface area contributed by atoms with Gasteiger partial charge in [0.1, 0.15) is 0 Å². The number of hydrogen-bond donors (Lipinski definition) is 0. The van der Waals surface area contributed by atoms with E-state index >= 15 is 0 Å². The van der Waals surface area contributed by atoms with E-state index in [9.17, 15) is 8.78 Å². The van der Waals surface area contributed by atoms with Crippen molar-refractivity contribution in [3.05, 3.63) is 41.5 Å². The average Bonchev–Trinajstić information content (AvgIpc) is 2.40. The Morgan fingerprint density at radius 2 is 1.79 bits per heavy atom. The fourth-order valence-corrected chi connectivity index (χ4v) is 2.64. The maximum absolute atomic E-state index is 13.1. The lowest BCUT2D eigenvalue weighted by Gasteiger charge is -2.28. The van der Waals surface area contributed by atoms with Gasteiger partial charge in [0.15, 0.2) is 0 Å². The molecule has 2 rings (SSSR count). The van der Waals surface area contributed by atoms with E-state index < -0.39 is 5.92 Å². The smallest absolute Gasteiger partial charge is 0.207 e. The molecule has 0 unspecified atom stereocenters.